The lowest BCUT2D eigenvalue weighted by Gasteiger charge is -2.03. The Morgan fingerprint density at radius 2 is 2.46 bits per heavy atom. The van der Waals surface area contributed by atoms with Gasteiger partial charge >= 0.3 is 0 Å². The first-order valence-corrected chi connectivity index (χ1v) is 5.20. The van der Waals surface area contributed by atoms with Gasteiger partial charge in [0.2, 0.25) is 0 Å². The lowest BCUT2D eigenvalue weighted by Crippen LogP contribution is -2.29. The average molecular weight is 199 g/mol. The van der Waals surface area contributed by atoms with E-state index in [0.29, 0.717) is 5.11 Å². The molecule has 1 aliphatic carbocycles. The standard InChI is InChI=1S/C9H17N3S/c1-3-7-4-5-8(6-7)11-12-9(13)10-2/h7H,3-6H2,1-2H3,(H2,10,12,13)/b11-8-. The highest BCUT2D eigenvalue weighted by Gasteiger charge is 2.18. The van der Waals surface area contributed by atoms with E-state index in [1.807, 2.05) is 0 Å². The molecule has 1 rings (SSSR count). The van der Waals surface area contributed by atoms with Crippen LogP contribution >= 0.6 is 12.2 Å². The molecule has 74 valence electrons. The Hall–Kier alpha value is -0.640. The van der Waals surface area contributed by atoms with Crippen LogP contribution in [0.2, 0.25) is 0 Å². The molecule has 3 nitrogen and oxygen atoms in total. The second-order valence-corrected chi connectivity index (χ2v) is 3.79. The van der Waals surface area contributed by atoms with Crippen LogP contribution in [0.3, 0.4) is 0 Å². The number of hydrogen-bond donors (Lipinski definition) is 2. The van der Waals surface area contributed by atoms with Gasteiger partial charge in [-0.3, -0.25) is 5.43 Å². The van der Waals surface area contributed by atoms with Gasteiger partial charge in [-0.1, -0.05) is 13.3 Å². The van der Waals surface area contributed by atoms with Crippen molar-refractivity contribution in [1.82, 2.24) is 10.7 Å². The van der Waals surface area contributed by atoms with Crippen LogP contribution in [-0.2, 0) is 0 Å². The van der Waals surface area contributed by atoms with E-state index in [-0.39, 0.29) is 0 Å². The van der Waals surface area contributed by atoms with Crippen molar-refractivity contribution in [2.75, 3.05) is 7.05 Å². The molecule has 0 aromatic heterocycles. The highest BCUT2D eigenvalue weighted by atomic mass is 32.1. The van der Waals surface area contributed by atoms with E-state index in [1.165, 1.54) is 18.6 Å². The minimum Gasteiger partial charge on any atom is -0.364 e. The second-order valence-electron chi connectivity index (χ2n) is 3.39. The van der Waals surface area contributed by atoms with E-state index in [0.717, 1.165) is 18.8 Å². The number of nitrogens with zero attached hydrogens (tertiary/aromatic N) is 1. The second kappa shape index (κ2) is 5.17. The summed E-state index contributed by atoms with van der Waals surface area (Å²) < 4.78 is 0. The molecule has 0 bridgehead atoms. The van der Waals surface area contributed by atoms with Crippen LogP contribution in [0.1, 0.15) is 32.6 Å². The fourth-order valence-corrected chi connectivity index (χ4v) is 1.59. The van der Waals surface area contributed by atoms with Gasteiger partial charge in [-0.25, -0.2) is 0 Å². The number of hydrogen-bond acceptors (Lipinski definition) is 2. The van der Waals surface area contributed by atoms with Crippen LogP contribution in [0.5, 0.6) is 0 Å². The highest BCUT2D eigenvalue weighted by molar-refractivity contribution is 7.80. The molecule has 0 aromatic rings. The first kappa shape index (κ1) is 10.4. The molecule has 0 aromatic carbocycles. The molecule has 0 radical (unpaired) electrons. The molecule has 1 saturated carbocycles. The topological polar surface area (TPSA) is 36.4 Å². The third-order valence-electron chi connectivity index (χ3n) is 2.49. The lowest BCUT2D eigenvalue weighted by atomic mass is 10.1. The SMILES string of the molecule is CCC1CC/C(=N/NC(=S)NC)C1. The summed E-state index contributed by atoms with van der Waals surface area (Å²) in [6.45, 7) is 2.24. The molecular weight excluding hydrogens is 182 g/mol. The summed E-state index contributed by atoms with van der Waals surface area (Å²) in [7, 11) is 1.79. The zero-order valence-corrected chi connectivity index (χ0v) is 9.08. The zero-order valence-electron chi connectivity index (χ0n) is 8.26. The van der Waals surface area contributed by atoms with Crippen molar-refractivity contribution in [1.29, 1.82) is 0 Å². The Morgan fingerprint density at radius 1 is 1.69 bits per heavy atom. The van der Waals surface area contributed by atoms with Gasteiger partial charge in [0.1, 0.15) is 0 Å². The van der Waals surface area contributed by atoms with Crippen molar-refractivity contribution < 1.29 is 0 Å². The van der Waals surface area contributed by atoms with Gasteiger partial charge in [-0.05, 0) is 37.4 Å². The minimum absolute atomic E-state index is 0.590. The predicted molar refractivity (Wildman–Crippen MR) is 59.9 cm³/mol. The van der Waals surface area contributed by atoms with E-state index >= 15 is 0 Å². The summed E-state index contributed by atoms with van der Waals surface area (Å²) >= 11 is 4.92. The van der Waals surface area contributed by atoms with Crippen molar-refractivity contribution in [3.05, 3.63) is 0 Å². The fourth-order valence-electron chi connectivity index (χ4n) is 1.54. The molecule has 0 heterocycles. The summed E-state index contributed by atoms with van der Waals surface area (Å²) in [5, 5.41) is 7.67. The molecule has 0 spiro atoms. The van der Waals surface area contributed by atoms with E-state index < -0.39 is 0 Å². The van der Waals surface area contributed by atoms with Gasteiger partial charge in [0.05, 0.1) is 0 Å². The summed E-state index contributed by atoms with van der Waals surface area (Å²) in [4.78, 5) is 0. The van der Waals surface area contributed by atoms with E-state index in [2.05, 4.69) is 22.8 Å². The molecule has 0 amide bonds. The summed E-state index contributed by atoms with van der Waals surface area (Å²) in [6, 6.07) is 0. The van der Waals surface area contributed by atoms with Crippen molar-refractivity contribution >= 4 is 23.0 Å². The van der Waals surface area contributed by atoms with Crippen molar-refractivity contribution in [2.45, 2.75) is 32.6 Å². The Labute approximate surface area is 85.0 Å². The highest BCUT2D eigenvalue weighted by Crippen LogP contribution is 2.25. The van der Waals surface area contributed by atoms with Crippen LogP contribution in [0.15, 0.2) is 5.10 Å². The Kier molecular flexibility index (Phi) is 4.15. The maximum Gasteiger partial charge on any atom is 0.186 e. The van der Waals surface area contributed by atoms with Crippen LogP contribution in [0, 0.1) is 5.92 Å². The molecular formula is C9H17N3S. The first-order chi connectivity index (χ1) is 6.26. The normalized spacial score (nSPS) is 24.8. The van der Waals surface area contributed by atoms with Gasteiger partial charge in [0.15, 0.2) is 5.11 Å². The Morgan fingerprint density at radius 3 is 3.00 bits per heavy atom. The third kappa shape index (κ3) is 3.30. The van der Waals surface area contributed by atoms with Crippen LogP contribution in [-0.4, -0.2) is 17.9 Å². The average Bonchev–Trinajstić information content (AvgIpc) is 2.61. The molecule has 1 atom stereocenters. The van der Waals surface area contributed by atoms with Crippen LogP contribution in [0.4, 0.5) is 0 Å². The molecule has 1 unspecified atom stereocenters. The Balaban J connectivity index is 2.33. The maximum atomic E-state index is 4.92. The monoisotopic (exact) mass is 199 g/mol. The largest absolute Gasteiger partial charge is 0.364 e. The van der Waals surface area contributed by atoms with Crippen molar-refractivity contribution in [2.24, 2.45) is 11.0 Å². The summed E-state index contributed by atoms with van der Waals surface area (Å²) in [6.07, 6.45) is 4.80. The molecule has 2 N–H and O–H groups in total. The van der Waals surface area contributed by atoms with Gasteiger partial charge in [0, 0.05) is 12.8 Å². The van der Waals surface area contributed by atoms with Gasteiger partial charge in [0.25, 0.3) is 0 Å². The predicted octanol–water partition coefficient (Wildman–Crippen LogP) is 1.65. The van der Waals surface area contributed by atoms with E-state index in [9.17, 15) is 0 Å². The maximum absolute atomic E-state index is 4.92. The summed E-state index contributed by atoms with van der Waals surface area (Å²) in [5.41, 5.74) is 4.08. The number of nitrogens with one attached hydrogen (secondary N) is 2. The van der Waals surface area contributed by atoms with Crippen LogP contribution < -0.4 is 10.7 Å². The molecule has 0 saturated heterocycles. The fraction of sp³-hybridized carbons (Fsp3) is 0.778. The minimum atomic E-state index is 0.590. The molecule has 0 aliphatic heterocycles. The smallest absolute Gasteiger partial charge is 0.186 e. The van der Waals surface area contributed by atoms with Crippen LogP contribution in [0.25, 0.3) is 0 Å². The number of thiocarbonyl (C=S) groups is 1. The van der Waals surface area contributed by atoms with Gasteiger partial charge in [-0.2, -0.15) is 5.10 Å². The number of hydrazone groups is 1. The van der Waals surface area contributed by atoms with Gasteiger partial charge in [-0.15, -0.1) is 0 Å². The Bertz CT molecular complexity index is 213. The van der Waals surface area contributed by atoms with E-state index in [4.69, 9.17) is 12.2 Å². The first-order valence-electron chi connectivity index (χ1n) is 4.79. The molecule has 1 fully saturated rings. The molecule has 1 aliphatic rings. The van der Waals surface area contributed by atoms with E-state index in [1.54, 1.807) is 7.05 Å². The zero-order chi connectivity index (χ0) is 9.68. The molecule has 13 heavy (non-hydrogen) atoms. The lowest BCUT2D eigenvalue weighted by molar-refractivity contribution is 0.540. The van der Waals surface area contributed by atoms with Crippen molar-refractivity contribution in [3.8, 4) is 0 Å². The van der Waals surface area contributed by atoms with Crippen molar-refractivity contribution in [3.63, 3.8) is 0 Å². The third-order valence-corrected chi connectivity index (χ3v) is 2.78. The van der Waals surface area contributed by atoms with Gasteiger partial charge < -0.3 is 5.32 Å². The molecule has 4 heteroatoms. The quantitative estimate of drug-likeness (QED) is 0.524. The number of rotatable bonds is 2. The summed E-state index contributed by atoms with van der Waals surface area (Å²) in [5.74, 6) is 0.837.